The lowest BCUT2D eigenvalue weighted by Crippen LogP contribution is -2.03. The minimum Gasteiger partial charge on any atom is -0.496 e. The van der Waals surface area contributed by atoms with Crippen molar-refractivity contribution in [2.24, 2.45) is 0 Å². The molecule has 0 saturated carbocycles. The second kappa shape index (κ2) is 10.2. The summed E-state index contributed by atoms with van der Waals surface area (Å²) in [6.07, 6.45) is 2.72. The highest BCUT2D eigenvalue weighted by atomic mass is 35.5. The quantitative estimate of drug-likeness (QED) is 0.253. The summed E-state index contributed by atoms with van der Waals surface area (Å²) in [5.41, 5.74) is 0.912. The number of nitrogens with zero attached hydrogens (tertiary/aromatic N) is 3. The van der Waals surface area contributed by atoms with Crippen molar-refractivity contribution < 1.29 is 9.47 Å². The summed E-state index contributed by atoms with van der Waals surface area (Å²) in [5, 5.41) is 10.3. The first-order valence-corrected chi connectivity index (χ1v) is 10.3. The molecule has 0 bridgehead atoms. The maximum atomic E-state index is 5.97. The minimum absolute atomic E-state index is 0.613. The topological polar surface area (TPSA) is 49.2 Å². The van der Waals surface area contributed by atoms with Gasteiger partial charge in [-0.25, -0.2) is 0 Å². The summed E-state index contributed by atoms with van der Waals surface area (Å²) < 4.78 is 13.2. The number of allylic oxidation sites excluding steroid dienone is 1. The van der Waals surface area contributed by atoms with E-state index in [1.165, 1.54) is 0 Å². The van der Waals surface area contributed by atoms with Crippen molar-refractivity contribution in [3.05, 3.63) is 66.2 Å². The zero-order valence-electron chi connectivity index (χ0n) is 15.7. The molecule has 28 heavy (non-hydrogen) atoms. The Kier molecular flexibility index (Phi) is 7.39. The Morgan fingerprint density at radius 1 is 1.18 bits per heavy atom. The molecule has 0 atom stereocenters. The average molecular weight is 416 g/mol. The van der Waals surface area contributed by atoms with E-state index in [1.54, 1.807) is 18.9 Å². The fourth-order valence-electron chi connectivity index (χ4n) is 2.69. The standard InChI is InChI=1S/C21H22ClN3O2S/c1-3-12-25-20(18-10-4-5-11-19(18)26-2)23-24-21(25)28-14-7-13-27-17-9-6-8-16(22)15-17/h3-6,8-11,15H,1,7,12-14H2,2H3. The Labute approximate surface area is 174 Å². The van der Waals surface area contributed by atoms with Crippen LogP contribution in [0.5, 0.6) is 11.5 Å². The molecule has 0 N–H and O–H groups in total. The van der Waals surface area contributed by atoms with Gasteiger partial charge in [0.05, 0.1) is 19.3 Å². The molecule has 146 valence electrons. The Morgan fingerprint density at radius 2 is 2.04 bits per heavy atom. The number of benzene rings is 2. The van der Waals surface area contributed by atoms with Gasteiger partial charge in [-0.15, -0.1) is 16.8 Å². The summed E-state index contributed by atoms with van der Waals surface area (Å²) in [5.74, 6) is 3.19. The van der Waals surface area contributed by atoms with Crippen molar-refractivity contribution in [2.75, 3.05) is 19.5 Å². The molecule has 0 spiro atoms. The van der Waals surface area contributed by atoms with Gasteiger partial charge in [-0.3, -0.25) is 4.57 Å². The minimum atomic E-state index is 0.613. The Balaban J connectivity index is 1.62. The van der Waals surface area contributed by atoms with Crippen LogP contribution in [0.2, 0.25) is 5.02 Å². The molecule has 0 saturated heterocycles. The maximum Gasteiger partial charge on any atom is 0.191 e. The van der Waals surface area contributed by atoms with E-state index in [9.17, 15) is 0 Å². The van der Waals surface area contributed by atoms with Crippen molar-refractivity contribution in [1.29, 1.82) is 0 Å². The van der Waals surface area contributed by atoms with Crippen molar-refractivity contribution in [2.45, 2.75) is 18.1 Å². The van der Waals surface area contributed by atoms with Gasteiger partial charge in [0.25, 0.3) is 0 Å². The Morgan fingerprint density at radius 3 is 2.82 bits per heavy atom. The number of hydrogen-bond donors (Lipinski definition) is 0. The fraction of sp³-hybridized carbons (Fsp3) is 0.238. The van der Waals surface area contributed by atoms with E-state index in [0.29, 0.717) is 18.2 Å². The third-order valence-electron chi connectivity index (χ3n) is 3.96. The van der Waals surface area contributed by atoms with Gasteiger partial charge in [0.15, 0.2) is 11.0 Å². The molecule has 1 heterocycles. The van der Waals surface area contributed by atoms with E-state index in [2.05, 4.69) is 16.8 Å². The molecule has 0 aliphatic carbocycles. The number of ether oxygens (including phenoxy) is 2. The third-order valence-corrected chi connectivity index (χ3v) is 5.25. The monoisotopic (exact) mass is 415 g/mol. The van der Waals surface area contributed by atoms with Gasteiger partial charge in [0, 0.05) is 17.3 Å². The van der Waals surface area contributed by atoms with Gasteiger partial charge in [0.1, 0.15) is 11.5 Å². The predicted octanol–water partition coefficient (Wildman–Crippen LogP) is 5.35. The SMILES string of the molecule is C=CCn1c(SCCCOc2cccc(Cl)c2)nnc1-c1ccccc1OC. The Hall–Kier alpha value is -2.44. The van der Waals surface area contributed by atoms with Gasteiger partial charge in [0.2, 0.25) is 0 Å². The fourth-order valence-corrected chi connectivity index (χ4v) is 3.73. The molecular formula is C21H22ClN3O2S. The van der Waals surface area contributed by atoms with Gasteiger partial charge < -0.3 is 9.47 Å². The van der Waals surface area contributed by atoms with Crippen molar-refractivity contribution in [3.63, 3.8) is 0 Å². The number of aromatic nitrogens is 3. The highest BCUT2D eigenvalue weighted by Gasteiger charge is 2.16. The van der Waals surface area contributed by atoms with Crippen LogP contribution in [0.1, 0.15) is 6.42 Å². The number of halogens is 1. The molecular weight excluding hydrogens is 394 g/mol. The van der Waals surface area contributed by atoms with Crippen LogP contribution >= 0.6 is 23.4 Å². The summed E-state index contributed by atoms with van der Waals surface area (Å²) in [6, 6.07) is 15.2. The average Bonchev–Trinajstić information content (AvgIpc) is 3.10. The van der Waals surface area contributed by atoms with Crippen LogP contribution in [0, 0.1) is 0 Å². The first-order chi connectivity index (χ1) is 13.7. The predicted molar refractivity (Wildman–Crippen MR) is 114 cm³/mol. The van der Waals surface area contributed by atoms with Crippen LogP contribution < -0.4 is 9.47 Å². The van der Waals surface area contributed by atoms with Gasteiger partial charge in [-0.05, 0) is 36.8 Å². The van der Waals surface area contributed by atoms with Crippen LogP contribution in [-0.2, 0) is 6.54 Å². The van der Waals surface area contributed by atoms with Gasteiger partial charge >= 0.3 is 0 Å². The molecule has 5 nitrogen and oxygen atoms in total. The maximum absolute atomic E-state index is 5.97. The van der Waals surface area contributed by atoms with Crippen LogP contribution in [0.4, 0.5) is 0 Å². The molecule has 0 radical (unpaired) electrons. The third kappa shape index (κ3) is 5.09. The van der Waals surface area contributed by atoms with Crippen LogP contribution in [0.15, 0.2) is 66.3 Å². The number of para-hydroxylation sites is 1. The largest absolute Gasteiger partial charge is 0.496 e. The molecule has 0 amide bonds. The van der Waals surface area contributed by atoms with Gasteiger partial charge in [-0.1, -0.05) is 47.6 Å². The summed E-state index contributed by atoms with van der Waals surface area (Å²) in [4.78, 5) is 0. The summed E-state index contributed by atoms with van der Waals surface area (Å²) >= 11 is 7.62. The van der Waals surface area contributed by atoms with Crippen molar-refractivity contribution in [3.8, 4) is 22.9 Å². The number of rotatable bonds is 10. The van der Waals surface area contributed by atoms with Gasteiger partial charge in [-0.2, -0.15) is 0 Å². The molecule has 1 aromatic heterocycles. The van der Waals surface area contributed by atoms with E-state index in [4.69, 9.17) is 21.1 Å². The van der Waals surface area contributed by atoms with Crippen LogP contribution in [0.3, 0.4) is 0 Å². The smallest absolute Gasteiger partial charge is 0.191 e. The van der Waals surface area contributed by atoms with E-state index in [-0.39, 0.29) is 0 Å². The molecule has 3 rings (SSSR count). The van der Waals surface area contributed by atoms with E-state index in [0.717, 1.165) is 40.2 Å². The molecule has 2 aromatic carbocycles. The lowest BCUT2D eigenvalue weighted by molar-refractivity contribution is 0.318. The zero-order chi connectivity index (χ0) is 19.8. The van der Waals surface area contributed by atoms with Crippen LogP contribution in [0.25, 0.3) is 11.4 Å². The van der Waals surface area contributed by atoms with E-state index >= 15 is 0 Å². The van der Waals surface area contributed by atoms with Crippen LogP contribution in [-0.4, -0.2) is 34.2 Å². The molecule has 7 heteroatoms. The number of thioether (sulfide) groups is 1. The molecule has 3 aromatic rings. The normalized spacial score (nSPS) is 10.6. The van der Waals surface area contributed by atoms with E-state index in [1.807, 2.05) is 59.2 Å². The number of methoxy groups -OCH3 is 1. The molecule has 0 fully saturated rings. The highest BCUT2D eigenvalue weighted by Crippen LogP contribution is 2.31. The first kappa shape index (κ1) is 20.3. The van der Waals surface area contributed by atoms with E-state index < -0.39 is 0 Å². The zero-order valence-corrected chi connectivity index (χ0v) is 17.2. The van der Waals surface area contributed by atoms with Crippen molar-refractivity contribution >= 4 is 23.4 Å². The second-order valence-corrected chi connectivity index (χ2v) is 7.41. The summed E-state index contributed by atoms with van der Waals surface area (Å²) in [6.45, 7) is 5.10. The Bertz CT molecular complexity index is 930. The molecule has 0 aliphatic heterocycles. The first-order valence-electron chi connectivity index (χ1n) is 8.91. The summed E-state index contributed by atoms with van der Waals surface area (Å²) in [7, 11) is 1.66. The lowest BCUT2D eigenvalue weighted by atomic mass is 10.2. The lowest BCUT2D eigenvalue weighted by Gasteiger charge is -2.10. The number of hydrogen-bond acceptors (Lipinski definition) is 5. The molecule has 0 unspecified atom stereocenters. The highest BCUT2D eigenvalue weighted by molar-refractivity contribution is 7.99. The second-order valence-electron chi connectivity index (χ2n) is 5.91. The molecule has 0 aliphatic rings. The van der Waals surface area contributed by atoms with Crippen molar-refractivity contribution in [1.82, 2.24) is 14.8 Å².